The second-order valence-corrected chi connectivity index (χ2v) is 5.93. The molecule has 0 aromatic carbocycles. The van der Waals surface area contributed by atoms with Gasteiger partial charge in [-0.1, -0.05) is 0 Å². The van der Waals surface area contributed by atoms with E-state index in [9.17, 15) is 4.57 Å². The van der Waals surface area contributed by atoms with Crippen molar-refractivity contribution < 1.29 is 13.6 Å². The summed E-state index contributed by atoms with van der Waals surface area (Å²) >= 11 is 0. The van der Waals surface area contributed by atoms with Crippen LogP contribution in [0.15, 0.2) is 0 Å². The Morgan fingerprint density at radius 1 is 1.24 bits per heavy atom. The van der Waals surface area contributed by atoms with Gasteiger partial charge >= 0.3 is 7.60 Å². The van der Waals surface area contributed by atoms with E-state index in [1.165, 1.54) is 0 Å². The van der Waals surface area contributed by atoms with Gasteiger partial charge in [0.25, 0.3) is 0 Å². The minimum atomic E-state index is -3.04. The Balaban J connectivity index is 2.97. The van der Waals surface area contributed by atoms with Gasteiger partial charge in [0.2, 0.25) is 0 Å². The lowest BCUT2D eigenvalue weighted by molar-refractivity contribution is 0.219. The molecule has 0 saturated heterocycles. The van der Waals surface area contributed by atoms with Crippen LogP contribution in [0.4, 0.5) is 0 Å². The molecule has 0 amide bonds. The van der Waals surface area contributed by atoms with Crippen molar-refractivity contribution in [3.8, 4) is 0 Å². The third-order valence-corrected chi connectivity index (χ3v) is 4.67. The van der Waals surface area contributed by atoms with Crippen LogP contribution in [0.5, 0.6) is 0 Å². The molecule has 0 saturated carbocycles. The quantitative estimate of drug-likeness (QED) is 0.738. The fourth-order valence-corrected chi connectivity index (χ4v) is 3.65. The molecule has 0 radical (unpaired) electrons. The van der Waals surface area contributed by atoms with E-state index in [-0.39, 0.29) is 0 Å². The van der Waals surface area contributed by atoms with Crippen molar-refractivity contribution in [1.29, 1.82) is 0 Å². The number of aromatic nitrogens is 2. The molecule has 0 spiro atoms. The molecule has 6 heteroatoms. The first-order chi connectivity index (χ1) is 7.93. The van der Waals surface area contributed by atoms with Crippen molar-refractivity contribution in [2.24, 2.45) is 7.05 Å². The summed E-state index contributed by atoms with van der Waals surface area (Å²) in [6.45, 7) is 8.26. The molecule has 5 nitrogen and oxygen atoms in total. The third kappa shape index (κ3) is 3.41. The Kier molecular flexibility index (Phi) is 4.92. The van der Waals surface area contributed by atoms with Crippen LogP contribution >= 0.6 is 7.60 Å². The predicted molar refractivity (Wildman–Crippen MR) is 67.2 cm³/mol. The standard InChI is InChI=1S/C11H21N2O3P/c1-6-15-17(14,16-7-2)8-11-9(3)12-13(5)10(11)4/h6-8H2,1-5H3. The van der Waals surface area contributed by atoms with Crippen LogP contribution in [0.25, 0.3) is 0 Å². The molecule has 0 aliphatic rings. The Labute approximate surface area is 103 Å². The lowest BCUT2D eigenvalue weighted by Crippen LogP contribution is -2.01. The molecular weight excluding hydrogens is 239 g/mol. The number of aryl methyl sites for hydroxylation is 2. The third-order valence-electron chi connectivity index (χ3n) is 2.66. The van der Waals surface area contributed by atoms with Crippen molar-refractivity contribution >= 4 is 7.60 Å². The first-order valence-electron chi connectivity index (χ1n) is 5.80. The van der Waals surface area contributed by atoms with Crippen LogP contribution in [0.1, 0.15) is 30.8 Å². The zero-order valence-corrected chi connectivity index (χ0v) is 12.1. The molecule has 98 valence electrons. The predicted octanol–water partition coefficient (Wildman–Crippen LogP) is 2.80. The topological polar surface area (TPSA) is 53.3 Å². The van der Waals surface area contributed by atoms with E-state index in [2.05, 4.69) is 5.10 Å². The minimum absolute atomic E-state index is 0.292. The molecule has 0 unspecified atom stereocenters. The van der Waals surface area contributed by atoms with Crippen LogP contribution in [0.2, 0.25) is 0 Å². The summed E-state index contributed by atoms with van der Waals surface area (Å²) in [5.41, 5.74) is 2.84. The van der Waals surface area contributed by atoms with Crippen LogP contribution in [0, 0.1) is 13.8 Å². The summed E-state index contributed by atoms with van der Waals surface area (Å²) < 4.78 is 24.8. The number of hydrogen-bond acceptors (Lipinski definition) is 4. The molecule has 0 aliphatic heterocycles. The zero-order chi connectivity index (χ0) is 13.1. The van der Waals surface area contributed by atoms with Crippen molar-refractivity contribution in [2.75, 3.05) is 13.2 Å². The maximum Gasteiger partial charge on any atom is 0.335 e. The molecule has 1 rings (SSSR count). The largest absolute Gasteiger partial charge is 0.335 e. The van der Waals surface area contributed by atoms with E-state index >= 15 is 0 Å². The monoisotopic (exact) mass is 260 g/mol. The second kappa shape index (κ2) is 5.80. The van der Waals surface area contributed by atoms with E-state index < -0.39 is 7.60 Å². The normalized spacial score (nSPS) is 12.1. The number of hydrogen-bond donors (Lipinski definition) is 0. The van der Waals surface area contributed by atoms with Gasteiger partial charge in [-0.2, -0.15) is 5.10 Å². The summed E-state index contributed by atoms with van der Waals surface area (Å²) in [7, 11) is -1.16. The van der Waals surface area contributed by atoms with E-state index in [1.807, 2.05) is 34.7 Å². The number of rotatable bonds is 6. The molecule has 1 aromatic heterocycles. The maximum absolute atomic E-state index is 12.4. The smallest absolute Gasteiger partial charge is 0.309 e. The van der Waals surface area contributed by atoms with Crippen molar-refractivity contribution in [3.63, 3.8) is 0 Å². The van der Waals surface area contributed by atoms with Crippen LogP contribution in [-0.2, 0) is 26.8 Å². The molecule has 0 N–H and O–H groups in total. The zero-order valence-electron chi connectivity index (χ0n) is 11.2. The summed E-state index contributed by atoms with van der Waals surface area (Å²) in [6, 6.07) is 0. The molecule has 1 heterocycles. The SMILES string of the molecule is CCOP(=O)(Cc1c(C)nn(C)c1C)OCC. The molecule has 1 aromatic rings. The highest BCUT2D eigenvalue weighted by molar-refractivity contribution is 7.53. The van der Waals surface area contributed by atoms with E-state index in [0.29, 0.717) is 19.4 Å². The van der Waals surface area contributed by atoms with Gasteiger partial charge in [0.1, 0.15) is 0 Å². The minimum Gasteiger partial charge on any atom is -0.309 e. The molecule has 17 heavy (non-hydrogen) atoms. The fourth-order valence-electron chi connectivity index (χ4n) is 1.76. The summed E-state index contributed by atoms with van der Waals surface area (Å²) in [5, 5.41) is 4.30. The Hall–Kier alpha value is -0.640. The molecule has 0 aliphatic carbocycles. The van der Waals surface area contributed by atoms with Gasteiger partial charge in [-0.3, -0.25) is 9.25 Å². The first kappa shape index (κ1) is 14.4. The van der Waals surface area contributed by atoms with Crippen molar-refractivity contribution in [1.82, 2.24) is 9.78 Å². The molecule has 0 bridgehead atoms. The summed E-state index contributed by atoms with van der Waals surface area (Å²) in [6.07, 6.45) is 0.292. The average Bonchev–Trinajstić information content (AvgIpc) is 2.46. The van der Waals surface area contributed by atoms with Crippen molar-refractivity contribution in [2.45, 2.75) is 33.9 Å². The van der Waals surface area contributed by atoms with Crippen LogP contribution < -0.4 is 0 Å². The van der Waals surface area contributed by atoms with Crippen LogP contribution in [0.3, 0.4) is 0 Å². The second-order valence-electron chi connectivity index (χ2n) is 3.88. The lowest BCUT2D eigenvalue weighted by atomic mass is 10.2. The maximum atomic E-state index is 12.4. The van der Waals surface area contributed by atoms with Gasteiger partial charge in [0, 0.05) is 18.3 Å². The van der Waals surface area contributed by atoms with Gasteiger partial charge in [0.15, 0.2) is 0 Å². The van der Waals surface area contributed by atoms with Crippen molar-refractivity contribution in [3.05, 3.63) is 17.0 Å². The average molecular weight is 260 g/mol. The lowest BCUT2D eigenvalue weighted by Gasteiger charge is -2.17. The van der Waals surface area contributed by atoms with Gasteiger partial charge in [-0.05, 0) is 27.7 Å². The number of nitrogens with zero attached hydrogens (tertiary/aromatic N) is 2. The van der Waals surface area contributed by atoms with E-state index in [0.717, 1.165) is 17.0 Å². The molecule has 0 fully saturated rings. The van der Waals surface area contributed by atoms with Crippen LogP contribution in [-0.4, -0.2) is 23.0 Å². The Morgan fingerprint density at radius 2 is 1.76 bits per heavy atom. The van der Waals surface area contributed by atoms with Gasteiger partial charge in [-0.25, -0.2) is 0 Å². The highest BCUT2D eigenvalue weighted by atomic mass is 31.2. The van der Waals surface area contributed by atoms with Gasteiger partial charge < -0.3 is 9.05 Å². The van der Waals surface area contributed by atoms with Gasteiger partial charge in [-0.15, -0.1) is 0 Å². The highest BCUT2D eigenvalue weighted by Crippen LogP contribution is 2.52. The molecule has 0 atom stereocenters. The summed E-state index contributed by atoms with van der Waals surface area (Å²) in [5.74, 6) is 0. The highest BCUT2D eigenvalue weighted by Gasteiger charge is 2.27. The first-order valence-corrected chi connectivity index (χ1v) is 7.53. The van der Waals surface area contributed by atoms with Gasteiger partial charge in [0.05, 0.1) is 25.1 Å². The van der Waals surface area contributed by atoms with E-state index in [1.54, 1.807) is 4.68 Å². The molecular formula is C11H21N2O3P. The Morgan fingerprint density at radius 3 is 2.12 bits per heavy atom. The Bertz CT molecular complexity index is 419. The summed E-state index contributed by atoms with van der Waals surface area (Å²) in [4.78, 5) is 0. The fraction of sp³-hybridized carbons (Fsp3) is 0.727. The van der Waals surface area contributed by atoms with E-state index in [4.69, 9.17) is 9.05 Å².